The molecule has 0 aliphatic rings. The maximum atomic E-state index is 12.6. The number of rotatable bonds is 7. The van der Waals surface area contributed by atoms with Crippen LogP contribution in [0.25, 0.3) is 0 Å². The first-order chi connectivity index (χ1) is 14.6. The van der Waals surface area contributed by atoms with Crippen LogP contribution in [0.3, 0.4) is 0 Å². The fourth-order valence-electron chi connectivity index (χ4n) is 2.32. The Kier molecular flexibility index (Phi) is 7.72. The number of carbonyl (C=O) groups is 1. The van der Waals surface area contributed by atoms with E-state index >= 15 is 0 Å². The summed E-state index contributed by atoms with van der Waals surface area (Å²) in [5.41, 5.74) is -11.0. The van der Waals surface area contributed by atoms with Gasteiger partial charge in [-0.05, 0) is 47.8 Å². The number of thioether (sulfide) groups is 2. The van der Waals surface area contributed by atoms with E-state index in [0.29, 0.717) is 18.2 Å². The van der Waals surface area contributed by atoms with E-state index in [1.54, 1.807) is 0 Å². The summed E-state index contributed by atoms with van der Waals surface area (Å²) < 4.78 is 100. The Balaban J connectivity index is 2.29. The quantitative estimate of drug-likeness (QED) is 0.231. The number of nitrogens with zero attached hydrogens (tertiary/aromatic N) is 1. The fraction of sp³-hybridized carbons (Fsp3) is 0.188. The first kappa shape index (κ1) is 25.8. The van der Waals surface area contributed by atoms with Crippen LogP contribution >= 0.6 is 23.5 Å². The number of hydrogen-bond acceptors (Lipinski definition) is 7. The lowest BCUT2D eigenvalue weighted by atomic mass is 10.3. The zero-order chi connectivity index (χ0) is 24.3. The Labute approximate surface area is 184 Å². The maximum absolute atomic E-state index is 12.6. The van der Waals surface area contributed by atoms with Crippen molar-refractivity contribution in [2.75, 3.05) is 11.1 Å². The third-order valence-electron chi connectivity index (χ3n) is 3.40. The second-order valence-electron chi connectivity index (χ2n) is 5.79. The van der Waals surface area contributed by atoms with Crippen molar-refractivity contribution in [1.29, 1.82) is 0 Å². The van der Waals surface area contributed by atoms with Crippen LogP contribution in [-0.4, -0.2) is 36.0 Å². The second-order valence-corrected chi connectivity index (χ2v) is 9.99. The van der Waals surface area contributed by atoms with Crippen LogP contribution in [-0.2, 0) is 14.6 Å². The van der Waals surface area contributed by atoms with Crippen molar-refractivity contribution in [3.63, 3.8) is 0 Å². The van der Waals surface area contributed by atoms with Crippen LogP contribution < -0.4 is 5.32 Å². The lowest BCUT2D eigenvalue weighted by Gasteiger charge is -2.12. The molecule has 0 unspecified atom stereocenters. The minimum absolute atomic E-state index is 0.346. The molecule has 0 heterocycles. The van der Waals surface area contributed by atoms with Crippen molar-refractivity contribution in [2.24, 2.45) is 0 Å². The van der Waals surface area contributed by atoms with Gasteiger partial charge in [-0.1, -0.05) is 12.1 Å². The number of alkyl halides is 6. The number of para-hydroxylation sites is 1. The van der Waals surface area contributed by atoms with Gasteiger partial charge in [-0.15, -0.1) is 0 Å². The summed E-state index contributed by atoms with van der Waals surface area (Å²) in [6, 6.07) is 6.30. The van der Waals surface area contributed by atoms with Gasteiger partial charge in [0.1, 0.15) is 10.6 Å². The normalized spacial score (nSPS) is 12.4. The number of benzene rings is 2. The molecule has 2 rings (SSSR count). The number of sulfone groups is 1. The Hall–Kier alpha value is -2.46. The van der Waals surface area contributed by atoms with E-state index in [1.165, 1.54) is 12.1 Å². The summed E-state index contributed by atoms with van der Waals surface area (Å²) >= 11 is -1.25. The highest BCUT2D eigenvalue weighted by molar-refractivity contribution is 8.00. The van der Waals surface area contributed by atoms with Gasteiger partial charge in [-0.2, -0.15) is 26.3 Å². The number of amides is 1. The number of nitro groups is 1. The highest BCUT2D eigenvalue weighted by Gasteiger charge is 2.34. The van der Waals surface area contributed by atoms with Crippen LogP contribution in [0, 0.1) is 10.1 Å². The highest BCUT2D eigenvalue weighted by atomic mass is 32.2. The van der Waals surface area contributed by atoms with Crippen LogP contribution in [0.1, 0.15) is 0 Å². The summed E-state index contributed by atoms with van der Waals surface area (Å²) in [5, 5.41) is 13.2. The average molecular weight is 520 g/mol. The fourth-order valence-corrected chi connectivity index (χ4v) is 4.82. The summed E-state index contributed by atoms with van der Waals surface area (Å²) in [4.78, 5) is 20.0. The van der Waals surface area contributed by atoms with Gasteiger partial charge in [0.25, 0.3) is 5.69 Å². The van der Waals surface area contributed by atoms with Gasteiger partial charge < -0.3 is 5.32 Å². The van der Waals surface area contributed by atoms with Crippen molar-refractivity contribution < 1.29 is 44.5 Å². The lowest BCUT2D eigenvalue weighted by Crippen LogP contribution is -2.24. The van der Waals surface area contributed by atoms with Crippen molar-refractivity contribution >= 4 is 50.6 Å². The first-order valence-corrected chi connectivity index (χ1v) is 11.3. The van der Waals surface area contributed by atoms with Crippen molar-refractivity contribution in [3.05, 3.63) is 52.6 Å². The van der Waals surface area contributed by atoms with E-state index in [4.69, 9.17) is 0 Å². The largest absolute Gasteiger partial charge is 0.446 e. The summed E-state index contributed by atoms with van der Waals surface area (Å²) in [5.74, 6) is -2.70. The topological polar surface area (TPSA) is 106 Å². The molecule has 0 aromatic heterocycles. The van der Waals surface area contributed by atoms with Crippen molar-refractivity contribution in [1.82, 2.24) is 0 Å². The molecular formula is C16H10F6N2O5S3. The van der Waals surface area contributed by atoms with Gasteiger partial charge in [0.2, 0.25) is 5.91 Å². The minimum atomic E-state index is -4.78. The van der Waals surface area contributed by atoms with Gasteiger partial charge in [-0.25, -0.2) is 8.42 Å². The standard InChI is InChI=1S/C16H10F6N2O5S3/c17-15(18,19)30-9-5-6-13(11(7-9)24(26)27)32(28,29)8-14(25)23-10-3-1-2-4-12(10)31-16(20,21)22/h1-7H,8H2,(H,23,25). The number of halogens is 6. The SMILES string of the molecule is O=C(CS(=O)(=O)c1ccc(SC(F)(F)F)cc1[N+](=O)[O-])Nc1ccccc1SC(F)(F)F. The number of hydrogen-bond donors (Lipinski definition) is 1. The van der Waals surface area contributed by atoms with Crippen molar-refractivity contribution in [2.45, 2.75) is 25.7 Å². The molecule has 0 spiro atoms. The molecule has 2 aromatic carbocycles. The zero-order valence-electron chi connectivity index (χ0n) is 15.2. The van der Waals surface area contributed by atoms with Gasteiger partial charge in [0.15, 0.2) is 9.84 Å². The molecule has 2 aromatic rings. The molecule has 16 heteroatoms. The monoisotopic (exact) mass is 520 g/mol. The van der Waals surface area contributed by atoms with Gasteiger partial charge in [-0.3, -0.25) is 14.9 Å². The molecule has 0 atom stereocenters. The van der Waals surface area contributed by atoms with Crippen LogP contribution in [0.15, 0.2) is 57.2 Å². The van der Waals surface area contributed by atoms with E-state index in [2.05, 4.69) is 0 Å². The number of nitrogens with one attached hydrogen (secondary N) is 1. The first-order valence-electron chi connectivity index (χ1n) is 7.99. The predicted molar refractivity (Wildman–Crippen MR) is 104 cm³/mol. The lowest BCUT2D eigenvalue weighted by molar-refractivity contribution is -0.388. The molecule has 0 saturated carbocycles. The Bertz CT molecular complexity index is 1140. The van der Waals surface area contributed by atoms with E-state index < -0.39 is 81.3 Å². The molecular weight excluding hydrogens is 510 g/mol. The van der Waals surface area contributed by atoms with Crippen LogP contribution in [0.4, 0.5) is 37.7 Å². The Morgan fingerprint density at radius 1 is 1.00 bits per heavy atom. The molecule has 1 N–H and O–H groups in total. The number of anilines is 1. The molecule has 1 amide bonds. The molecule has 174 valence electrons. The molecule has 0 aliphatic carbocycles. The molecule has 0 fully saturated rings. The van der Waals surface area contributed by atoms with E-state index in [9.17, 15) is 49.7 Å². The predicted octanol–water partition coefficient (Wildman–Crippen LogP) is 5.23. The second kappa shape index (κ2) is 9.58. The Morgan fingerprint density at radius 2 is 1.59 bits per heavy atom. The Morgan fingerprint density at radius 3 is 2.16 bits per heavy atom. The van der Waals surface area contributed by atoms with Crippen LogP contribution in [0.5, 0.6) is 0 Å². The minimum Gasteiger partial charge on any atom is -0.324 e. The van der Waals surface area contributed by atoms with E-state index in [1.807, 2.05) is 5.32 Å². The molecule has 0 saturated heterocycles. The average Bonchev–Trinajstić information content (AvgIpc) is 2.60. The van der Waals surface area contributed by atoms with Gasteiger partial charge in [0, 0.05) is 15.9 Å². The third-order valence-corrected chi connectivity index (χ3v) is 6.59. The van der Waals surface area contributed by atoms with Gasteiger partial charge in [0.05, 0.1) is 10.6 Å². The number of nitro benzene ring substituents is 1. The van der Waals surface area contributed by atoms with Gasteiger partial charge >= 0.3 is 11.0 Å². The molecule has 0 radical (unpaired) electrons. The summed E-state index contributed by atoms with van der Waals surface area (Å²) in [6.45, 7) is 0. The molecule has 0 bridgehead atoms. The molecule has 0 aliphatic heterocycles. The molecule has 7 nitrogen and oxygen atoms in total. The van der Waals surface area contributed by atoms with Crippen LogP contribution in [0.2, 0.25) is 0 Å². The number of carbonyl (C=O) groups excluding carboxylic acids is 1. The zero-order valence-corrected chi connectivity index (χ0v) is 17.7. The summed E-state index contributed by atoms with van der Waals surface area (Å²) in [7, 11) is -4.74. The summed E-state index contributed by atoms with van der Waals surface area (Å²) in [6.07, 6.45) is 0. The van der Waals surface area contributed by atoms with E-state index in [0.717, 1.165) is 12.1 Å². The molecule has 32 heavy (non-hydrogen) atoms. The van der Waals surface area contributed by atoms with Crippen molar-refractivity contribution in [3.8, 4) is 0 Å². The maximum Gasteiger partial charge on any atom is 0.446 e. The van der Waals surface area contributed by atoms with E-state index in [-0.39, 0.29) is 5.69 Å². The third kappa shape index (κ3) is 7.59. The highest BCUT2D eigenvalue weighted by Crippen LogP contribution is 2.41. The smallest absolute Gasteiger partial charge is 0.324 e.